The molecule has 21 heavy (non-hydrogen) atoms. The zero-order chi connectivity index (χ0) is 15.2. The summed E-state index contributed by atoms with van der Waals surface area (Å²) in [5.41, 5.74) is 1.69. The van der Waals surface area contributed by atoms with E-state index in [-0.39, 0.29) is 12.6 Å². The summed E-state index contributed by atoms with van der Waals surface area (Å²) in [6.07, 6.45) is 0. The Bertz CT molecular complexity index is 667. The minimum absolute atomic E-state index is 0.106. The number of rotatable bonds is 4. The Labute approximate surface area is 136 Å². The van der Waals surface area contributed by atoms with Gasteiger partial charge in [-0.3, -0.25) is 0 Å². The van der Waals surface area contributed by atoms with Crippen LogP contribution in [0.3, 0.4) is 0 Å². The summed E-state index contributed by atoms with van der Waals surface area (Å²) in [4.78, 5) is 23.4. The van der Waals surface area contributed by atoms with Crippen LogP contribution in [0.4, 0.5) is 0 Å². The van der Waals surface area contributed by atoms with Gasteiger partial charge in [-0.15, -0.1) is 0 Å². The van der Waals surface area contributed by atoms with E-state index in [1.54, 1.807) is 36.4 Å². The molecule has 0 atom stereocenters. The molecular weight excluding hydrogens is 383 g/mol. The van der Waals surface area contributed by atoms with Crippen molar-refractivity contribution in [2.75, 3.05) is 7.11 Å². The molecule has 5 heteroatoms. The van der Waals surface area contributed by atoms with E-state index in [0.29, 0.717) is 11.1 Å². The predicted octanol–water partition coefficient (Wildman–Crippen LogP) is 3.43. The number of ether oxygens (including phenoxy) is 2. The molecule has 0 radical (unpaired) electrons. The van der Waals surface area contributed by atoms with Gasteiger partial charge >= 0.3 is 11.9 Å². The smallest absolute Gasteiger partial charge is 0.339 e. The Balaban J connectivity index is 2.05. The van der Waals surface area contributed by atoms with Gasteiger partial charge in [0.25, 0.3) is 0 Å². The van der Waals surface area contributed by atoms with Gasteiger partial charge in [-0.2, -0.15) is 0 Å². The number of halogens is 1. The highest BCUT2D eigenvalue weighted by Crippen LogP contribution is 2.14. The fourth-order valence-electron chi connectivity index (χ4n) is 1.76. The Morgan fingerprint density at radius 1 is 1.05 bits per heavy atom. The van der Waals surface area contributed by atoms with Crippen molar-refractivity contribution in [1.82, 2.24) is 0 Å². The molecule has 0 spiro atoms. The molecule has 0 aliphatic rings. The number of hydrogen-bond donors (Lipinski definition) is 0. The number of carbonyl (C=O) groups excluding carboxylic acids is 2. The summed E-state index contributed by atoms with van der Waals surface area (Å²) in [7, 11) is 1.33. The van der Waals surface area contributed by atoms with Gasteiger partial charge in [-0.25, -0.2) is 9.59 Å². The van der Waals surface area contributed by atoms with Crippen molar-refractivity contribution in [3.05, 3.63) is 68.8 Å². The van der Waals surface area contributed by atoms with Crippen LogP contribution < -0.4 is 0 Å². The average Bonchev–Trinajstić information content (AvgIpc) is 2.52. The van der Waals surface area contributed by atoms with Gasteiger partial charge < -0.3 is 9.47 Å². The molecule has 0 saturated heterocycles. The molecule has 0 heterocycles. The van der Waals surface area contributed by atoms with Crippen molar-refractivity contribution in [2.24, 2.45) is 0 Å². The standard InChI is InChI=1S/C16H13IO4/c1-20-15(18)12-6-4-5-11(9-12)10-21-16(19)13-7-2-3-8-14(13)17/h2-9H,10H2,1H3. The molecule has 4 nitrogen and oxygen atoms in total. The molecule has 0 aliphatic heterocycles. The van der Waals surface area contributed by atoms with E-state index in [9.17, 15) is 9.59 Å². The monoisotopic (exact) mass is 396 g/mol. The first-order chi connectivity index (χ1) is 10.1. The minimum atomic E-state index is -0.416. The summed E-state index contributed by atoms with van der Waals surface area (Å²) in [5.74, 6) is -0.802. The van der Waals surface area contributed by atoms with Crippen molar-refractivity contribution in [1.29, 1.82) is 0 Å². The summed E-state index contributed by atoms with van der Waals surface area (Å²) in [6, 6.07) is 14.0. The third-order valence-corrected chi connectivity index (χ3v) is 3.75. The maximum atomic E-state index is 12.0. The van der Waals surface area contributed by atoms with Crippen molar-refractivity contribution in [3.63, 3.8) is 0 Å². The van der Waals surface area contributed by atoms with E-state index >= 15 is 0 Å². The largest absolute Gasteiger partial charge is 0.465 e. The molecule has 2 rings (SSSR count). The SMILES string of the molecule is COC(=O)c1cccc(COC(=O)c2ccccc2I)c1. The van der Waals surface area contributed by atoms with Gasteiger partial charge in [0, 0.05) is 3.57 Å². The van der Waals surface area contributed by atoms with Gasteiger partial charge in [0.15, 0.2) is 0 Å². The van der Waals surface area contributed by atoms with Gasteiger partial charge in [0.1, 0.15) is 6.61 Å². The fourth-order valence-corrected chi connectivity index (χ4v) is 2.37. The van der Waals surface area contributed by atoms with E-state index in [4.69, 9.17) is 4.74 Å². The Hall–Kier alpha value is -1.89. The van der Waals surface area contributed by atoms with Crippen LogP contribution in [0, 0.1) is 3.57 Å². The summed E-state index contributed by atoms with van der Waals surface area (Å²) in [5, 5.41) is 0. The first-order valence-corrected chi connectivity index (χ1v) is 7.28. The normalized spacial score (nSPS) is 10.0. The van der Waals surface area contributed by atoms with Crippen LogP contribution in [0.15, 0.2) is 48.5 Å². The third kappa shape index (κ3) is 4.04. The van der Waals surface area contributed by atoms with Crippen molar-refractivity contribution in [3.8, 4) is 0 Å². The van der Waals surface area contributed by atoms with E-state index in [1.807, 2.05) is 12.1 Å². The zero-order valence-electron chi connectivity index (χ0n) is 11.3. The lowest BCUT2D eigenvalue weighted by Gasteiger charge is -2.07. The van der Waals surface area contributed by atoms with Crippen LogP contribution >= 0.6 is 22.6 Å². The lowest BCUT2D eigenvalue weighted by atomic mass is 10.1. The molecule has 0 unspecified atom stereocenters. The first kappa shape index (κ1) is 15.5. The third-order valence-electron chi connectivity index (χ3n) is 2.81. The molecular formula is C16H13IO4. The van der Waals surface area contributed by atoms with Crippen molar-refractivity contribution in [2.45, 2.75) is 6.61 Å². The number of esters is 2. The maximum Gasteiger partial charge on any atom is 0.339 e. The highest BCUT2D eigenvalue weighted by Gasteiger charge is 2.11. The molecule has 0 amide bonds. The van der Waals surface area contributed by atoms with Gasteiger partial charge in [-0.1, -0.05) is 24.3 Å². The molecule has 0 N–H and O–H groups in total. The van der Waals surface area contributed by atoms with Crippen LogP contribution in [-0.2, 0) is 16.1 Å². The maximum absolute atomic E-state index is 12.0. The number of carbonyl (C=O) groups is 2. The average molecular weight is 396 g/mol. The second kappa shape index (κ2) is 7.21. The summed E-state index contributed by atoms with van der Waals surface area (Å²) in [6.45, 7) is 0.106. The first-order valence-electron chi connectivity index (χ1n) is 6.20. The molecule has 0 bridgehead atoms. The predicted molar refractivity (Wildman–Crippen MR) is 86.1 cm³/mol. The molecule has 2 aromatic carbocycles. The van der Waals surface area contributed by atoms with Crippen LogP contribution in [-0.4, -0.2) is 19.0 Å². The Morgan fingerprint density at radius 2 is 1.81 bits per heavy atom. The highest BCUT2D eigenvalue weighted by molar-refractivity contribution is 14.1. The topological polar surface area (TPSA) is 52.6 Å². The molecule has 108 valence electrons. The molecule has 0 aromatic heterocycles. The number of hydrogen-bond acceptors (Lipinski definition) is 4. The summed E-state index contributed by atoms with van der Waals surface area (Å²) < 4.78 is 10.8. The van der Waals surface area contributed by atoms with Crippen LogP contribution in [0.1, 0.15) is 26.3 Å². The fraction of sp³-hybridized carbons (Fsp3) is 0.125. The Kier molecular flexibility index (Phi) is 5.32. The van der Waals surface area contributed by atoms with Crippen LogP contribution in [0.5, 0.6) is 0 Å². The summed E-state index contributed by atoms with van der Waals surface area (Å²) >= 11 is 2.09. The van der Waals surface area contributed by atoms with Crippen molar-refractivity contribution < 1.29 is 19.1 Å². The minimum Gasteiger partial charge on any atom is -0.465 e. The van der Waals surface area contributed by atoms with Crippen LogP contribution in [0.2, 0.25) is 0 Å². The van der Waals surface area contributed by atoms with Gasteiger partial charge in [0.05, 0.1) is 18.2 Å². The second-order valence-corrected chi connectivity index (χ2v) is 5.41. The molecule has 0 aliphatic carbocycles. The lowest BCUT2D eigenvalue weighted by molar-refractivity contribution is 0.0471. The van der Waals surface area contributed by atoms with E-state index in [2.05, 4.69) is 27.3 Å². The second-order valence-electron chi connectivity index (χ2n) is 4.25. The Morgan fingerprint density at radius 3 is 2.52 bits per heavy atom. The molecule has 0 fully saturated rings. The van der Waals surface area contributed by atoms with E-state index < -0.39 is 5.97 Å². The van der Waals surface area contributed by atoms with Gasteiger partial charge in [-0.05, 0) is 52.4 Å². The van der Waals surface area contributed by atoms with Crippen LogP contribution in [0.25, 0.3) is 0 Å². The quantitative estimate of drug-likeness (QED) is 0.587. The number of benzene rings is 2. The number of methoxy groups -OCH3 is 1. The van der Waals surface area contributed by atoms with Gasteiger partial charge in [0.2, 0.25) is 0 Å². The zero-order valence-corrected chi connectivity index (χ0v) is 13.5. The van der Waals surface area contributed by atoms with Crippen molar-refractivity contribution >= 4 is 34.5 Å². The lowest BCUT2D eigenvalue weighted by Crippen LogP contribution is -2.08. The van der Waals surface area contributed by atoms with E-state index in [0.717, 1.165) is 9.13 Å². The highest BCUT2D eigenvalue weighted by atomic mass is 127. The molecule has 2 aromatic rings. The molecule has 0 saturated carbocycles. The van der Waals surface area contributed by atoms with E-state index in [1.165, 1.54) is 7.11 Å².